The van der Waals surface area contributed by atoms with Gasteiger partial charge in [0.1, 0.15) is 0 Å². The second-order valence-electron chi connectivity index (χ2n) is 2.23. The Hall–Kier alpha value is -0.880. The van der Waals surface area contributed by atoms with Gasteiger partial charge in [0.15, 0.2) is 5.03 Å². The van der Waals surface area contributed by atoms with Crippen LogP contribution in [0.4, 0.5) is 0 Å². The number of hydrogen-bond acceptors (Lipinski definition) is 3. The Labute approximate surface area is 64.4 Å². The van der Waals surface area contributed by atoms with Crippen molar-refractivity contribution >= 4 is 10.1 Å². The fourth-order valence-electron chi connectivity index (χ4n) is 0.906. The van der Waals surface area contributed by atoms with Crippen LogP contribution >= 0.6 is 0 Å². The first kappa shape index (κ1) is 8.22. The molecule has 1 rings (SSSR count). The molecule has 1 heterocycles. The number of aromatic nitrogens is 2. The molecule has 1 N–H and O–H groups in total. The normalized spacial score (nSPS) is 11.9. The van der Waals surface area contributed by atoms with E-state index in [0.29, 0.717) is 5.56 Å². The van der Waals surface area contributed by atoms with Crippen LogP contribution in [-0.2, 0) is 17.2 Å². The van der Waals surface area contributed by atoms with Gasteiger partial charge >= 0.3 is 10.1 Å². The van der Waals surface area contributed by atoms with E-state index in [1.807, 2.05) is 0 Å². The second kappa shape index (κ2) is 2.31. The first-order chi connectivity index (χ1) is 4.93. The highest BCUT2D eigenvalue weighted by molar-refractivity contribution is 7.85. The lowest BCUT2D eigenvalue weighted by Crippen LogP contribution is -2.07. The van der Waals surface area contributed by atoms with Crippen LogP contribution in [0.2, 0.25) is 0 Å². The van der Waals surface area contributed by atoms with Crippen molar-refractivity contribution in [1.82, 2.24) is 9.78 Å². The summed E-state index contributed by atoms with van der Waals surface area (Å²) in [6.07, 6.45) is 1.38. The summed E-state index contributed by atoms with van der Waals surface area (Å²) in [6.45, 7) is 1.57. The van der Waals surface area contributed by atoms with Gasteiger partial charge in [-0.05, 0) is 6.92 Å². The molecule has 0 atom stereocenters. The molecule has 0 aliphatic rings. The predicted octanol–water partition coefficient (Wildman–Crippen LogP) is -0.0248. The van der Waals surface area contributed by atoms with Crippen molar-refractivity contribution in [2.45, 2.75) is 11.9 Å². The fraction of sp³-hybridized carbons (Fsp3) is 0.400. The van der Waals surface area contributed by atoms with E-state index in [0.717, 1.165) is 4.68 Å². The third-order valence-electron chi connectivity index (χ3n) is 1.30. The fourth-order valence-corrected chi connectivity index (χ4v) is 1.75. The molecule has 0 aliphatic heterocycles. The Balaban J connectivity index is 3.45. The third kappa shape index (κ3) is 1.41. The molecule has 0 bridgehead atoms. The molecule has 0 fully saturated rings. The summed E-state index contributed by atoms with van der Waals surface area (Å²) in [5, 5.41) is 3.51. The molecular weight excluding hydrogens is 168 g/mol. The van der Waals surface area contributed by atoms with Crippen LogP contribution in [0.1, 0.15) is 5.56 Å². The van der Waals surface area contributed by atoms with E-state index >= 15 is 0 Å². The molecule has 1 aromatic heterocycles. The maximum Gasteiger partial charge on any atom is 0.312 e. The van der Waals surface area contributed by atoms with Gasteiger partial charge in [-0.15, -0.1) is 0 Å². The summed E-state index contributed by atoms with van der Waals surface area (Å²) in [5.41, 5.74) is 0.440. The average molecular weight is 176 g/mol. The molecule has 5 nitrogen and oxygen atoms in total. The molecular formula is C5H8N2O3S. The highest BCUT2D eigenvalue weighted by atomic mass is 32.2. The molecule has 0 saturated heterocycles. The summed E-state index contributed by atoms with van der Waals surface area (Å²) >= 11 is 0. The van der Waals surface area contributed by atoms with Gasteiger partial charge < -0.3 is 0 Å². The number of hydrogen-bond donors (Lipinski definition) is 1. The molecule has 0 amide bonds. The standard InChI is InChI=1S/C5H8N2O3S/c1-4-3-6-7(2)5(4)11(8,9)10/h3H,1-2H3,(H,8,9,10). The third-order valence-corrected chi connectivity index (χ3v) is 2.38. The first-order valence-electron chi connectivity index (χ1n) is 2.89. The van der Waals surface area contributed by atoms with Gasteiger partial charge in [-0.25, -0.2) is 0 Å². The van der Waals surface area contributed by atoms with E-state index in [1.165, 1.54) is 13.2 Å². The maximum absolute atomic E-state index is 10.6. The average Bonchev–Trinajstić information content (AvgIpc) is 2.08. The minimum atomic E-state index is -4.12. The van der Waals surface area contributed by atoms with Gasteiger partial charge in [-0.3, -0.25) is 9.23 Å². The molecule has 1 aromatic rings. The molecule has 62 valence electrons. The molecule has 6 heteroatoms. The van der Waals surface area contributed by atoms with Crippen LogP contribution in [0.3, 0.4) is 0 Å². The molecule has 0 aromatic carbocycles. The monoisotopic (exact) mass is 176 g/mol. The van der Waals surface area contributed by atoms with E-state index < -0.39 is 10.1 Å². The molecule has 0 saturated carbocycles. The number of rotatable bonds is 1. The van der Waals surface area contributed by atoms with Gasteiger partial charge in [0.2, 0.25) is 0 Å². The van der Waals surface area contributed by atoms with Crippen LogP contribution in [0.15, 0.2) is 11.2 Å². The Kier molecular flexibility index (Phi) is 1.73. The maximum atomic E-state index is 10.6. The van der Waals surface area contributed by atoms with Gasteiger partial charge in [0.25, 0.3) is 0 Å². The molecule has 0 radical (unpaired) electrons. The zero-order chi connectivity index (χ0) is 8.65. The summed E-state index contributed by atoms with van der Waals surface area (Å²) in [7, 11) is -2.67. The summed E-state index contributed by atoms with van der Waals surface area (Å²) in [4.78, 5) is 0. The zero-order valence-corrected chi connectivity index (χ0v) is 6.96. The summed E-state index contributed by atoms with van der Waals surface area (Å²) in [5.74, 6) is 0. The van der Waals surface area contributed by atoms with Gasteiger partial charge in [-0.1, -0.05) is 0 Å². The predicted molar refractivity (Wildman–Crippen MR) is 37.8 cm³/mol. The van der Waals surface area contributed by atoms with Crippen molar-refractivity contribution < 1.29 is 13.0 Å². The van der Waals surface area contributed by atoms with Crippen molar-refractivity contribution in [2.24, 2.45) is 7.05 Å². The van der Waals surface area contributed by atoms with Gasteiger partial charge in [0, 0.05) is 12.6 Å². The minimum absolute atomic E-state index is 0.155. The van der Waals surface area contributed by atoms with Crippen LogP contribution in [-0.4, -0.2) is 22.8 Å². The Morgan fingerprint density at radius 3 is 2.36 bits per heavy atom. The van der Waals surface area contributed by atoms with Crippen molar-refractivity contribution in [2.75, 3.05) is 0 Å². The molecule has 0 unspecified atom stereocenters. The van der Waals surface area contributed by atoms with E-state index in [1.54, 1.807) is 6.92 Å². The lowest BCUT2D eigenvalue weighted by Gasteiger charge is -1.97. The zero-order valence-electron chi connectivity index (χ0n) is 6.14. The van der Waals surface area contributed by atoms with E-state index in [2.05, 4.69) is 5.10 Å². The molecule has 0 aliphatic carbocycles. The first-order valence-corrected chi connectivity index (χ1v) is 4.33. The van der Waals surface area contributed by atoms with Crippen LogP contribution in [0.5, 0.6) is 0 Å². The number of nitrogens with zero attached hydrogens (tertiary/aromatic N) is 2. The quantitative estimate of drug-likeness (QED) is 0.610. The lowest BCUT2D eigenvalue weighted by atomic mass is 10.4. The molecule has 0 spiro atoms. The van der Waals surface area contributed by atoms with Crippen LogP contribution in [0.25, 0.3) is 0 Å². The van der Waals surface area contributed by atoms with Crippen molar-refractivity contribution in [3.05, 3.63) is 11.8 Å². The second-order valence-corrected chi connectivity index (χ2v) is 3.57. The summed E-state index contributed by atoms with van der Waals surface area (Å²) in [6, 6.07) is 0. The van der Waals surface area contributed by atoms with E-state index in [4.69, 9.17) is 4.55 Å². The van der Waals surface area contributed by atoms with Gasteiger partial charge in [0.05, 0.1) is 6.20 Å². The van der Waals surface area contributed by atoms with Crippen LogP contribution in [0, 0.1) is 6.92 Å². The van der Waals surface area contributed by atoms with Crippen molar-refractivity contribution in [1.29, 1.82) is 0 Å². The van der Waals surface area contributed by atoms with E-state index in [9.17, 15) is 8.42 Å². The molecule has 11 heavy (non-hydrogen) atoms. The Morgan fingerprint density at radius 2 is 2.18 bits per heavy atom. The number of aryl methyl sites for hydroxylation is 2. The van der Waals surface area contributed by atoms with Crippen molar-refractivity contribution in [3.8, 4) is 0 Å². The highest BCUT2D eigenvalue weighted by Crippen LogP contribution is 2.11. The smallest absolute Gasteiger partial charge is 0.281 e. The van der Waals surface area contributed by atoms with Gasteiger partial charge in [-0.2, -0.15) is 13.5 Å². The topological polar surface area (TPSA) is 72.2 Å². The Morgan fingerprint density at radius 1 is 1.64 bits per heavy atom. The SMILES string of the molecule is Cc1cnn(C)c1S(=O)(=O)O. The summed E-state index contributed by atoms with van der Waals surface area (Å²) < 4.78 is 31.0. The largest absolute Gasteiger partial charge is 0.312 e. The van der Waals surface area contributed by atoms with Crippen LogP contribution < -0.4 is 0 Å². The highest BCUT2D eigenvalue weighted by Gasteiger charge is 2.17. The van der Waals surface area contributed by atoms with E-state index in [-0.39, 0.29) is 5.03 Å². The van der Waals surface area contributed by atoms with Crippen molar-refractivity contribution in [3.63, 3.8) is 0 Å². The Bertz CT molecular complexity index is 346. The minimum Gasteiger partial charge on any atom is -0.281 e. The lowest BCUT2D eigenvalue weighted by molar-refractivity contribution is 0.469.